The summed E-state index contributed by atoms with van der Waals surface area (Å²) in [6.45, 7) is 1.12. The number of hydrogen-bond acceptors (Lipinski definition) is 6. The number of aromatic nitrogens is 5. The normalized spacial score (nSPS) is 14.1. The van der Waals surface area contributed by atoms with E-state index in [9.17, 15) is 4.79 Å². The Balaban J connectivity index is 1.44. The van der Waals surface area contributed by atoms with Gasteiger partial charge in [0.1, 0.15) is 18.1 Å². The van der Waals surface area contributed by atoms with Crippen molar-refractivity contribution in [2.24, 2.45) is 0 Å². The summed E-state index contributed by atoms with van der Waals surface area (Å²) in [5.41, 5.74) is -0.114. The molecule has 25 heavy (non-hydrogen) atoms. The molecule has 8 heteroatoms. The molecule has 1 aliphatic rings. The number of aryl methyl sites for hydroxylation is 1. The van der Waals surface area contributed by atoms with Gasteiger partial charge in [0.25, 0.3) is 0 Å². The van der Waals surface area contributed by atoms with E-state index < -0.39 is 0 Å². The molecule has 0 N–H and O–H groups in total. The molecule has 0 amide bonds. The quantitative estimate of drug-likeness (QED) is 0.703. The van der Waals surface area contributed by atoms with Crippen LogP contribution in [0.3, 0.4) is 0 Å². The Morgan fingerprint density at radius 3 is 2.92 bits per heavy atom. The number of nitrogens with zero attached hydrogens (tertiary/aromatic N) is 5. The Morgan fingerprint density at radius 1 is 1.16 bits per heavy atom. The highest BCUT2D eigenvalue weighted by molar-refractivity contribution is 5.20. The van der Waals surface area contributed by atoms with Crippen molar-refractivity contribution >= 4 is 0 Å². The third-order valence-corrected chi connectivity index (χ3v) is 4.19. The summed E-state index contributed by atoms with van der Waals surface area (Å²) in [4.78, 5) is 16.7. The van der Waals surface area contributed by atoms with Gasteiger partial charge in [-0.05, 0) is 25.0 Å². The van der Waals surface area contributed by atoms with Crippen LogP contribution in [0.1, 0.15) is 36.8 Å². The summed E-state index contributed by atoms with van der Waals surface area (Å²) in [6.07, 6.45) is 4.05. The molecular weight excluding hydrogens is 322 g/mol. The highest BCUT2D eigenvalue weighted by Crippen LogP contribution is 2.12. The summed E-state index contributed by atoms with van der Waals surface area (Å²) in [7, 11) is 0. The van der Waals surface area contributed by atoms with E-state index >= 15 is 0 Å². The molecule has 0 saturated heterocycles. The predicted molar refractivity (Wildman–Crippen MR) is 88.2 cm³/mol. The van der Waals surface area contributed by atoms with Gasteiger partial charge in [-0.15, -0.1) is 0 Å². The first-order chi connectivity index (χ1) is 12.3. The highest BCUT2D eigenvalue weighted by Gasteiger charge is 2.17. The third kappa shape index (κ3) is 3.47. The first kappa shape index (κ1) is 15.6. The number of hydrogen-bond donors (Lipinski definition) is 0. The first-order valence-corrected chi connectivity index (χ1v) is 8.45. The van der Waals surface area contributed by atoms with Gasteiger partial charge in [0.15, 0.2) is 6.61 Å². The van der Waals surface area contributed by atoms with Crippen LogP contribution in [-0.4, -0.2) is 24.5 Å². The topological polar surface area (TPSA) is 88.0 Å². The van der Waals surface area contributed by atoms with Crippen LogP contribution in [0.5, 0.6) is 5.75 Å². The van der Waals surface area contributed by atoms with Crippen molar-refractivity contribution in [1.29, 1.82) is 0 Å². The standard InChI is InChI=1S/C17H19N5O3/c23-17-21-10-6-2-5-9-15(21)19-22(17)11-16-18-14(20-25-16)12-24-13-7-3-1-4-8-13/h1,3-4,7-8H,2,5-6,9-12H2. The molecule has 0 bridgehead atoms. The molecule has 0 atom stereocenters. The van der Waals surface area contributed by atoms with Crippen LogP contribution in [0, 0.1) is 0 Å². The van der Waals surface area contributed by atoms with Gasteiger partial charge in [0, 0.05) is 13.0 Å². The molecule has 1 aliphatic heterocycles. The molecule has 0 fully saturated rings. The summed E-state index contributed by atoms with van der Waals surface area (Å²) in [5, 5.41) is 8.31. The van der Waals surface area contributed by atoms with Crippen LogP contribution in [0.2, 0.25) is 0 Å². The predicted octanol–water partition coefficient (Wildman–Crippen LogP) is 1.78. The zero-order valence-electron chi connectivity index (χ0n) is 13.8. The van der Waals surface area contributed by atoms with Crippen LogP contribution in [0.25, 0.3) is 0 Å². The molecule has 0 spiro atoms. The highest BCUT2D eigenvalue weighted by atomic mass is 16.5. The van der Waals surface area contributed by atoms with Crippen LogP contribution in [-0.2, 0) is 26.1 Å². The number of fused-ring (bicyclic) bond motifs is 1. The summed E-state index contributed by atoms with van der Waals surface area (Å²) in [5.74, 6) is 2.37. The lowest BCUT2D eigenvalue weighted by atomic mass is 10.2. The van der Waals surface area contributed by atoms with Crippen molar-refractivity contribution in [2.75, 3.05) is 0 Å². The molecule has 8 nitrogen and oxygen atoms in total. The molecule has 2 aromatic heterocycles. The van der Waals surface area contributed by atoms with Crippen molar-refractivity contribution in [3.8, 4) is 5.75 Å². The number of para-hydroxylation sites is 1. The van der Waals surface area contributed by atoms with E-state index in [1.807, 2.05) is 30.3 Å². The second-order valence-corrected chi connectivity index (χ2v) is 6.02. The molecule has 1 aromatic carbocycles. The fourth-order valence-electron chi connectivity index (χ4n) is 2.93. The molecule has 3 heterocycles. The Labute approximate surface area is 144 Å². The Bertz CT molecular complexity index is 897. The van der Waals surface area contributed by atoms with Crippen molar-refractivity contribution in [2.45, 2.75) is 45.4 Å². The summed E-state index contributed by atoms with van der Waals surface area (Å²) in [6, 6.07) is 9.43. The fraction of sp³-hybridized carbons (Fsp3) is 0.412. The van der Waals surface area contributed by atoms with E-state index in [0.717, 1.165) is 43.8 Å². The Morgan fingerprint density at radius 2 is 2.04 bits per heavy atom. The SMILES string of the molecule is O=c1n(Cc2nc(COc3ccccc3)no2)nc2n1CCCCC2. The maximum atomic E-state index is 12.4. The van der Waals surface area contributed by atoms with E-state index in [1.54, 1.807) is 4.57 Å². The average molecular weight is 341 g/mol. The van der Waals surface area contributed by atoms with Gasteiger partial charge in [-0.1, -0.05) is 29.8 Å². The van der Waals surface area contributed by atoms with E-state index in [2.05, 4.69) is 15.2 Å². The second-order valence-electron chi connectivity index (χ2n) is 6.02. The molecule has 0 radical (unpaired) electrons. The minimum atomic E-state index is -0.114. The van der Waals surface area contributed by atoms with Crippen LogP contribution in [0.4, 0.5) is 0 Å². The van der Waals surface area contributed by atoms with Crippen molar-refractivity contribution in [1.82, 2.24) is 24.5 Å². The number of ether oxygens (including phenoxy) is 1. The van der Waals surface area contributed by atoms with E-state index in [4.69, 9.17) is 9.26 Å². The third-order valence-electron chi connectivity index (χ3n) is 4.19. The monoisotopic (exact) mass is 341 g/mol. The molecule has 130 valence electrons. The minimum absolute atomic E-state index is 0.114. The Kier molecular flexibility index (Phi) is 4.32. The van der Waals surface area contributed by atoms with Crippen molar-refractivity contribution in [3.63, 3.8) is 0 Å². The van der Waals surface area contributed by atoms with E-state index in [-0.39, 0.29) is 18.8 Å². The zero-order valence-corrected chi connectivity index (χ0v) is 13.8. The molecular formula is C17H19N5O3. The van der Waals surface area contributed by atoms with E-state index in [1.165, 1.54) is 4.68 Å². The lowest BCUT2D eigenvalue weighted by Crippen LogP contribution is -2.25. The van der Waals surface area contributed by atoms with Gasteiger partial charge < -0.3 is 9.26 Å². The molecule has 0 aliphatic carbocycles. The number of rotatable bonds is 5. The van der Waals surface area contributed by atoms with Gasteiger partial charge >= 0.3 is 5.69 Å². The van der Waals surface area contributed by atoms with Gasteiger partial charge in [-0.25, -0.2) is 9.48 Å². The van der Waals surface area contributed by atoms with Gasteiger partial charge in [0.05, 0.1) is 0 Å². The summed E-state index contributed by atoms with van der Waals surface area (Å²) >= 11 is 0. The van der Waals surface area contributed by atoms with Gasteiger partial charge in [-0.3, -0.25) is 4.57 Å². The molecule has 0 unspecified atom stereocenters. The lowest BCUT2D eigenvalue weighted by Gasteiger charge is -2.01. The molecule has 3 aromatic rings. The largest absolute Gasteiger partial charge is 0.485 e. The zero-order chi connectivity index (χ0) is 17.1. The van der Waals surface area contributed by atoms with Gasteiger partial charge in [-0.2, -0.15) is 10.1 Å². The maximum absolute atomic E-state index is 12.4. The number of benzene rings is 1. The van der Waals surface area contributed by atoms with Crippen LogP contribution < -0.4 is 10.4 Å². The summed E-state index contributed by atoms with van der Waals surface area (Å²) < 4.78 is 14.0. The lowest BCUT2D eigenvalue weighted by molar-refractivity contribution is 0.284. The van der Waals surface area contributed by atoms with Crippen molar-refractivity contribution < 1.29 is 9.26 Å². The smallest absolute Gasteiger partial charge is 0.346 e. The molecule has 4 rings (SSSR count). The molecule has 0 saturated carbocycles. The van der Waals surface area contributed by atoms with Crippen LogP contribution in [0.15, 0.2) is 39.6 Å². The Hall–Kier alpha value is -2.90. The van der Waals surface area contributed by atoms with Crippen molar-refractivity contribution in [3.05, 3.63) is 58.4 Å². The fourth-order valence-corrected chi connectivity index (χ4v) is 2.93. The van der Waals surface area contributed by atoms with E-state index in [0.29, 0.717) is 11.7 Å². The average Bonchev–Trinajstić information content (AvgIpc) is 3.11. The maximum Gasteiger partial charge on any atom is 0.346 e. The minimum Gasteiger partial charge on any atom is -0.485 e. The first-order valence-electron chi connectivity index (χ1n) is 8.45. The second kappa shape index (κ2) is 6.92. The van der Waals surface area contributed by atoms with Crippen LogP contribution >= 0.6 is 0 Å². The van der Waals surface area contributed by atoms with Gasteiger partial charge in [0.2, 0.25) is 11.7 Å².